The molecule has 3 rings (SSSR count). The third-order valence-electron chi connectivity index (χ3n) is 3.04. The van der Waals surface area contributed by atoms with Gasteiger partial charge in [-0.2, -0.15) is 8.42 Å². The van der Waals surface area contributed by atoms with Crippen LogP contribution in [0.2, 0.25) is 0 Å². The number of nitrogens with zero attached hydrogens (tertiary/aromatic N) is 4. The van der Waals surface area contributed by atoms with Gasteiger partial charge in [-0.3, -0.25) is 9.52 Å². The van der Waals surface area contributed by atoms with E-state index in [2.05, 4.69) is 30.4 Å². The van der Waals surface area contributed by atoms with E-state index >= 15 is 0 Å². The van der Waals surface area contributed by atoms with Gasteiger partial charge in [-0.1, -0.05) is 71.7 Å². The van der Waals surface area contributed by atoms with Crippen LogP contribution in [0.5, 0.6) is 0 Å². The van der Waals surface area contributed by atoms with Gasteiger partial charge in [0.15, 0.2) is 4.34 Å². The number of carbonyl (C=O) groups excluding carboxylic acids is 1. The van der Waals surface area contributed by atoms with Crippen LogP contribution in [0.15, 0.2) is 39.0 Å². The van der Waals surface area contributed by atoms with Crippen molar-refractivity contribution in [2.24, 2.45) is 0 Å². The highest BCUT2D eigenvalue weighted by Crippen LogP contribution is 2.30. The van der Waals surface area contributed by atoms with Crippen molar-refractivity contribution in [3.63, 3.8) is 0 Å². The van der Waals surface area contributed by atoms with Crippen molar-refractivity contribution in [1.29, 1.82) is 0 Å². The van der Waals surface area contributed by atoms with Crippen molar-refractivity contribution in [2.45, 2.75) is 27.8 Å². The Kier molecular flexibility index (Phi) is 6.36. The Labute approximate surface area is 167 Å². The number of amides is 1. The molecule has 0 bridgehead atoms. The number of aromatic nitrogens is 4. The SMILES string of the molecule is CCC(=O)Nc1nnc(S(=O)(=O)Nc2nnc(SCc3ccccc3)s2)s1. The van der Waals surface area contributed by atoms with Crippen molar-refractivity contribution in [3.05, 3.63) is 35.9 Å². The van der Waals surface area contributed by atoms with Gasteiger partial charge in [-0.05, 0) is 5.56 Å². The molecule has 2 heterocycles. The molecule has 142 valence electrons. The number of carbonyl (C=O) groups is 1. The lowest BCUT2D eigenvalue weighted by Crippen LogP contribution is -2.12. The molecule has 0 atom stereocenters. The van der Waals surface area contributed by atoms with Crippen LogP contribution in [0.1, 0.15) is 18.9 Å². The van der Waals surface area contributed by atoms with Crippen LogP contribution in [0.3, 0.4) is 0 Å². The van der Waals surface area contributed by atoms with Crippen LogP contribution in [0.4, 0.5) is 10.3 Å². The highest BCUT2D eigenvalue weighted by atomic mass is 32.2. The van der Waals surface area contributed by atoms with Gasteiger partial charge < -0.3 is 5.32 Å². The van der Waals surface area contributed by atoms with Gasteiger partial charge in [0.1, 0.15) is 0 Å². The fourth-order valence-electron chi connectivity index (χ4n) is 1.76. The van der Waals surface area contributed by atoms with Crippen LogP contribution in [-0.4, -0.2) is 34.7 Å². The van der Waals surface area contributed by atoms with Gasteiger partial charge in [0.05, 0.1) is 0 Å². The molecule has 0 aliphatic rings. The molecular weight excluding hydrogens is 428 g/mol. The van der Waals surface area contributed by atoms with E-state index in [0.29, 0.717) is 10.1 Å². The van der Waals surface area contributed by atoms with E-state index in [9.17, 15) is 13.2 Å². The van der Waals surface area contributed by atoms with Crippen LogP contribution < -0.4 is 10.0 Å². The summed E-state index contributed by atoms with van der Waals surface area (Å²) < 4.78 is 27.5. The number of hydrogen-bond donors (Lipinski definition) is 2. The molecule has 13 heteroatoms. The summed E-state index contributed by atoms with van der Waals surface area (Å²) in [6.45, 7) is 1.68. The molecule has 2 aromatic heterocycles. The van der Waals surface area contributed by atoms with Gasteiger partial charge >= 0.3 is 0 Å². The molecule has 0 aliphatic heterocycles. The minimum atomic E-state index is -3.95. The standard InChI is InChI=1S/C14H14N6O3S4/c1-2-10(21)15-11-16-19-14(26-11)27(22,23)20-12-17-18-13(25-12)24-8-9-6-4-3-5-7-9/h3-7H,2,8H2,1H3,(H,17,20)(H,15,16,21). The van der Waals surface area contributed by atoms with Gasteiger partial charge in [0.25, 0.3) is 14.4 Å². The summed E-state index contributed by atoms with van der Waals surface area (Å²) in [5, 5.41) is 17.8. The molecule has 1 aromatic carbocycles. The van der Waals surface area contributed by atoms with E-state index in [1.807, 2.05) is 30.3 Å². The monoisotopic (exact) mass is 442 g/mol. The lowest BCUT2D eigenvalue weighted by atomic mass is 10.2. The molecule has 3 aromatic rings. The largest absolute Gasteiger partial charge is 0.301 e. The van der Waals surface area contributed by atoms with E-state index < -0.39 is 10.0 Å². The van der Waals surface area contributed by atoms with Gasteiger partial charge in [0.2, 0.25) is 16.2 Å². The highest BCUT2D eigenvalue weighted by molar-refractivity contribution is 8.00. The second-order valence-electron chi connectivity index (χ2n) is 5.03. The lowest BCUT2D eigenvalue weighted by molar-refractivity contribution is -0.115. The Hall–Kier alpha value is -2.09. The zero-order chi connectivity index (χ0) is 19.3. The first-order chi connectivity index (χ1) is 13.0. The molecule has 0 aliphatic carbocycles. The topological polar surface area (TPSA) is 127 Å². The van der Waals surface area contributed by atoms with Crippen molar-refractivity contribution < 1.29 is 13.2 Å². The van der Waals surface area contributed by atoms with E-state index in [1.54, 1.807) is 6.92 Å². The molecule has 0 radical (unpaired) electrons. The zero-order valence-electron chi connectivity index (χ0n) is 13.9. The first-order valence-corrected chi connectivity index (χ1v) is 11.7. The predicted octanol–water partition coefficient (Wildman–Crippen LogP) is 2.83. The minimum Gasteiger partial charge on any atom is -0.301 e. The van der Waals surface area contributed by atoms with Crippen LogP contribution in [-0.2, 0) is 20.6 Å². The third-order valence-corrected chi connectivity index (χ3v) is 7.75. The number of hydrogen-bond acceptors (Lipinski definition) is 10. The average Bonchev–Trinajstić information content (AvgIpc) is 3.30. The minimum absolute atomic E-state index is 0.124. The molecule has 1 amide bonds. The summed E-state index contributed by atoms with van der Waals surface area (Å²) in [6, 6.07) is 9.85. The third kappa shape index (κ3) is 5.45. The summed E-state index contributed by atoms with van der Waals surface area (Å²) in [6.07, 6.45) is 0.258. The molecule has 0 unspecified atom stereocenters. The Balaban J connectivity index is 1.62. The Morgan fingerprint density at radius 3 is 2.56 bits per heavy atom. The summed E-state index contributed by atoms with van der Waals surface area (Å²) >= 11 is 3.36. The van der Waals surface area contributed by atoms with Crippen molar-refractivity contribution in [3.8, 4) is 0 Å². The van der Waals surface area contributed by atoms with Gasteiger partial charge in [0, 0.05) is 12.2 Å². The molecule has 0 saturated heterocycles. The number of benzene rings is 1. The normalized spacial score (nSPS) is 11.3. The lowest BCUT2D eigenvalue weighted by Gasteiger charge is -1.99. The molecule has 9 nitrogen and oxygen atoms in total. The fraction of sp³-hybridized carbons (Fsp3) is 0.214. The van der Waals surface area contributed by atoms with Crippen LogP contribution in [0, 0.1) is 0 Å². The number of sulfonamides is 1. The van der Waals surface area contributed by atoms with Crippen LogP contribution in [0.25, 0.3) is 0 Å². The number of anilines is 2. The molecule has 27 heavy (non-hydrogen) atoms. The second kappa shape index (κ2) is 8.73. The summed E-state index contributed by atoms with van der Waals surface area (Å²) in [4.78, 5) is 11.3. The van der Waals surface area contributed by atoms with Crippen molar-refractivity contribution >= 4 is 60.6 Å². The molecule has 0 spiro atoms. The maximum absolute atomic E-state index is 12.4. The van der Waals surface area contributed by atoms with E-state index in [4.69, 9.17) is 0 Å². The van der Waals surface area contributed by atoms with Crippen molar-refractivity contribution in [2.75, 3.05) is 10.0 Å². The van der Waals surface area contributed by atoms with E-state index in [-0.39, 0.29) is 26.9 Å². The Morgan fingerprint density at radius 2 is 1.81 bits per heavy atom. The smallest absolute Gasteiger partial charge is 0.293 e. The van der Waals surface area contributed by atoms with Gasteiger partial charge in [-0.15, -0.1) is 20.4 Å². The first kappa shape index (κ1) is 19.7. The molecule has 2 N–H and O–H groups in total. The summed E-state index contributed by atoms with van der Waals surface area (Å²) in [5.74, 6) is 0.436. The van der Waals surface area contributed by atoms with Crippen molar-refractivity contribution in [1.82, 2.24) is 20.4 Å². The quantitative estimate of drug-likeness (QED) is 0.403. The first-order valence-electron chi connectivity index (χ1n) is 7.62. The van der Waals surface area contributed by atoms with Crippen LogP contribution >= 0.6 is 34.4 Å². The highest BCUT2D eigenvalue weighted by Gasteiger charge is 2.22. The molecule has 0 saturated carbocycles. The summed E-state index contributed by atoms with van der Waals surface area (Å²) in [7, 11) is -3.95. The number of nitrogens with one attached hydrogen (secondary N) is 2. The average molecular weight is 443 g/mol. The molecule has 0 fully saturated rings. The van der Waals surface area contributed by atoms with E-state index in [0.717, 1.165) is 28.2 Å². The fourth-order valence-corrected chi connectivity index (χ4v) is 5.62. The Morgan fingerprint density at radius 1 is 1.07 bits per heavy atom. The predicted molar refractivity (Wildman–Crippen MR) is 106 cm³/mol. The molecular formula is C14H14N6O3S4. The zero-order valence-corrected chi connectivity index (χ0v) is 17.2. The second-order valence-corrected chi connectivity index (χ2v) is 10.1. The van der Waals surface area contributed by atoms with Gasteiger partial charge in [-0.25, -0.2) is 0 Å². The number of rotatable bonds is 8. The number of thioether (sulfide) groups is 1. The maximum atomic E-state index is 12.4. The Bertz CT molecular complexity index is 1020. The maximum Gasteiger partial charge on any atom is 0.293 e. The summed E-state index contributed by atoms with van der Waals surface area (Å²) in [5.41, 5.74) is 1.13. The van der Waals surface area contributed by atoms with E-state index in [1.165, 1.54) is 11.8 Å².